The number of hydrogen-bond donors (Lipinski definition) is 5. The standard InChI is InChI=1S/C35H38ClFN8O4/c1-48-33-25(4-3-5-27(33)44-34-31(37)20(12-14-41-34)16-38-18-22-7-10-28(46)42-22)32-30(36)24(13-15-40-32)26-9-6-21(35(45-26)49-2)17-39-19-23-8-11-29(47)43-23/h3-6,9,12-15,22-23,38-39H,7-8,10-11,16-19H2,1-2H3,(H,41,44)(H,42,46)(H,43,47)/t22-,23-/m1/s1. The fourth-order valence-corrected chi connectivity index (χ4v) is 6.37. The van der Waals surface area contributed by atoms with Crippen molar-refractivity contribution in [2.24, 2.45) is 0 Å². The molecule has 3 aromatic heterocycles. The molecule has 5 heterocycles. The summed E-state index contributed by atoms with van der Waals surface area (Å²) < 4.78 is 27.0. The van der Waals surface area contributed by atoms with E-state index in [0.717, 1.165) is 18.4 Å². The number of ether oxygens (including phenoxy) is 2. The number of nitrogens with zero attached hydrogens (tertiary/aromatic N) is 3. The summed E-state index contributed by atoms with van der Waals surface area (Å²) in [4.78, 5) is 36.5. The first-order chi connectivity index (χ1) is 23.8. The number of anilines is 2. The molecule has 4 aromatic rings. The number of carbonyl (C=O) groups excluding carboxylic acids is 2. The lowest BCUT2D eigenvalue weighted by Gasteiger charge is -2.17. The van der Waals surface area contributed by atoms with Crippen LogP contribution >= 0.6 is 11.6 Å². The molecule has 0 saturated carbocycles. The molecule has 0 aliphatic carbocycles. The van der Waals surface area contributed by atoms with Gasteiger partial charge in [-0.15, -0.1) is 0 Å². The van der Waals surface area contributed by atoms with Gasteiger partial charge in [0, 0.05) is 85.8 Å². The third-order valence-electron chi connectivity index (χ3n) is 8.58. The molecule has 0 radical (unpaired) electrons. The average molecular weight is 689 g/mol. The van der Waals surface area contributed by atoms with Crippen molar-refractivity contribution in [1.82, 2.24) is 36.2 Å². The zero-order chi connectivity index (χ0) is 34.3. The number of hydrogen-bond acceptors (Lipinski definition) is 10. The first kappa shape index (κ1) is 34.0. The fourth-order valence-electron chi connectivity index (χ4n) is 6.06. The van der Waals surface area contributed by atoms with Crippen molar-refractivity contribution in [2.45, 2.75) is 50.9 Å². The van der Waals surface area contributed by atoms with Gasteiger partial charge in [-0.3, -0.25) is 14.6 Å². The molecule has 49 heavy (non-hydrogen) atoms. The molecule has 0 bridgehead atoms. The molecule has 0 unspecified atom stereocenters. The maximum absolute atomic E-state index is 15.6. The van der Waals surface area contributed by atoms with Crippen LogP contribution in [0.5, 0.6) is 11.6 Å². The van der Waals surface area contributed by atoms with E-state index in [9.17, 15) is 9.59 Å². The van der Waals surface area contributed by atoms with Crippen LogP contribution in [0, 0.1) is 5.82 Å². The third kappa shape index (κ3) is 7.90. The summed E-state index contributed by atoms with van der Waals surface area (Å²) in [5.74, 6) is 0.516. The molecule has 2 atom stereocenters. The Balaban J connectivity index is 1.20. The molecule has 1 aromatic carbocycles. The molecule has 2 aliphatic heterocycles. The molecule has 2 amide bonds. The van der Waals surface area contributed by atoms with E-state index in [4.69, 9.17) is 26.1 Å². The lowest BCUT2D eigenvalue weighted by Crippen LogP contribution is -2.35. The summed E-state index contributed by atoms with van der Waals surface area (Å²) in [6, 6.07) is 12.7. The van der Waals surface area contributed by atoms with Crippen LogP contribution in [0.25, 0.3) is 22.5 Å². The highest BCUT2D eigenvalue weighted by molar-refractivity contribution is 6.35. The van der Waals surface area contributed by atoms with E-state index < -0.39 is 5.82 Å². The maximum Gasteiger partial charge on any atom is 0.220 e. The van der Waals surface area contributed by atoms with Crippen molar-refractivity contribution < 1.29 is 23.5 Å². The quantitative estimate of drug-likeness (QED) is 0.128. The molecule has 12 nitrogen and oxygen atoms in total. The number of pyridine rings is 3. The Labute approximate surface area is 288 Å². The average Bonchev–Trinajstić information content (AvgIpc) is 3.73. The second-order valence-electron chi connectivity index (χ2n) is 11.9. The van der Waals surface area contributed by atoms with Gasteiger partial charge in [0.1, 0.15) is 0 Å². The van der Waals surface area contributed by atoms with Crippen molar-refractivity contribution in [2.75, 3.05) is 32.6 Å². The highest BCUT2D eigenvalue weighted by atomic mass is 35.5. The number of rotatable bonds is 14. The molecular formula is C35H38ClFN8O4. The van der Waals surface area contributed by atoms with E-state index in [0.29, 0.717) is 82.9 Å². The van der Waals surface area contributed by atoms with Gasteiger partial charge in [0.2, 0.25) is 17.7 Å². The van der Waals surface area contributed by atoms with E-state index in [1.807, 2.05) is 18.2 Å². The topological polar surface area (TPSA) is 151 Å². The van der Waals surface area contributed by atoms with Gasteiger partial charge in [-0.05, 0) is 43.2 Å². The zero-order valence-corrected chi connectivity index (χ0v) is 28.0. The van der Waals surface area contributed by atoms with Crippen molar-refractivity contribution in [3.8, 4) is 34.1 Å². The summed E-state index contributed by atoms with van der Waals surface area (Å²) in [7, 11) is 3.09. The van der Waals surface area contributed by atoms with Gasteiger partial charge < -0.3 is 36.1 Å². The molecule has 2 fully saturated rings. The van der Waals surface area contributed by atoms with Gasteiger partial charge in [-0.1, -0.05) is 23.7 Å². The predicted molar refractivity (Wildman–Crippen MR) is 184 cm³/mol. The summed E-state index contributed by atoms with van der Waals surface area (Å²) in [6.45, 7) is 1.99. The van der Waals surface area contributed by atoms with Gasteiger partial charge >= 0.3 is 0 Å². The second-order valence-corrected chi connectivity index (χ2v) is 12.3. The van der Waals surface area contributed by atoms with Crippen molar-refractivity contribution in [3.63, 3.8) is 0 Å². The molecule has 256 valence electrons. The third-order valence-corrected chi connectivity index (χ3v) is 8.96. The van der Waals surface area contributed by atoms with Gasteiger partial charge in [0.25, 0.3) is 0 Å². The molecular weight excluding hydrogens is 651 g/mol. The Kier molecular flexibility index (Phi) is 10.8. The zero-order valence-electron chi connectivity index (χ0n) is 27.2. The Morgan fingerprint density at radius 2 is 1.55 bits per heavy atom. The molecule has 0 spiro atoms. The van der Waals surface area contributed by atoms with Crippen LogP contribution in [-0.2, 0) is 22.7 Å². The van der Waals surface area contributed by atoms with Crippen molar-refractivity contribution in [1.29, 1.82) is 0 Å². The van der Waals surface area contributed by atoms with Crippen LogP contribution in [-0.4, -0.2) is 66.2 Å². The van der Waals surface area contributed by atoms with E-state index in [1.54, 1.807) is 37.6 Å². The Bertz CT molecular complexity index is 1840. The Morgan fingerprint density at radius 3 is 2.20 bits per heavy atom. The minimum atomic E-state index is -0.500. The lowest BCUT2D eigenvalue weighted by atomic mass is 10.0. The first-order valence-corrected chi connectivity index (χ1v) is 16.5. The van der Waals surface area contributed by atoms with Crippen LogP contribution in [0.15, 0.2) is 54.9 Å². The largest absolute Gasteiger partial charge is 0.494 e. The molecule has 14 heteroatoms. The molecule has 2 saturated heterocycles. The van der Waals surface area contributed by atoms with Crippen molar-refractivity contribution >= 4 is 34.9 Å². The summed E-state index contributed by atoms with van der Waals surface area (Å²) >= 11 is 7.00. The number of methoxy groups -OCH3 is 2. The fraction of sp³-hybridized carbons (Fsp3) is 0.343. The monoisotopic (exact) mass is 688 g/mol. The number of halogens is 2. The number of amides is 2. The minimum absolute atomic E-state index is 0.0376. The van der Waals surface area contributed by atoms with E-state index >= 15 is 4.39 Å². The second kappa shape index (κ2) is 15.6. The lowest BCUT2D eigenvalue weighted by molar-refractivity contribution is -0.120. The van der Waals surface area contributed by atoms with Crippen LogP contribution < -0.4 is 36.1 Å². The molecule has 6 rings (SSSR count). The molecule has 5 N–H and O–H groups in total. The summed E-state index contributed by atoms with van der Waals surface area (Å²) in [5, 5.41) is 15.9. The van der Waals surface area contributed by atoms with Gasteiger partial charge in [-0.2, -0.15) is 0 Å². The summed E-state index contributed by atoms with van der Waals surface area (Å²) in [6.07, 6.45) is 5.82. The SMILES string of the molecule is COc1nc(-c2ccnc(-c3cccc(Nc4nccc(CNC[C@H]5CCC(=O)N5)c4F)c3OC)c2Cl)ccc1CNC[C@H]1CCC(=O)N1. The van der Waals surface area contributed by atoms with Crippen LogP contribution in [0.4, 0.5) is 15.9 Å². The Hall–Kier alpha value is -4.85. The van der Waals surface area contributed by atoms with E-state index in [1.165, 1.54) is 13.3 Å². The highest BCUT2D eigenvalue weighted by Crippen LogP contribution is 2.42. The van der Waals surface area contributed by atoms with Gasteiger partial charge in [0.15, 0.2) is 17.4 Å². The highest BCUT2D eigenvalue weighted by Gasteiger charge is 2.23. The van der Waals surface area contributed by atoms with Gasteiger partial charge in [0.05, 0.1) is 36.3 Å². The first-order valence-electron chi connectivity index (χ1n) is 16.1. The number of aromatic nitrogens is 3. The number of carbonyl (C=O) groups is 2. The number of para-hydroxylation sites is 1. The maximum atomic E-state index is 15.6. The predicted octanol–water partition coefficient (Wildman–Crippen LogP) is 4.50. The number of benzene rings is 1. The van der Waals surface area contributed by atoms with E-state index in [-0.39, 0.29) is 36.3 Å². The van der Waals surface area contributed by atoms with Crippen molar-refractivity contribution in [3.05, 3.63) is 76.8 Å². The number of nitrogens with one attached hydrogen (secondary N) is 5. The van der Waals surface area contributed by atoms with Gasteiger partial charge in [-0.25, -0.2) is 14.4 Å². The van der Waals surface area contributed by atoms with Crippen LogP contribution in [0.1, 0.15) is 36.8 Å². The van der Waals surface area contributed by atoms with Crippen LogP contribution in [0.2, 0.25) is 5.02 Å². The smallest absolute Gasteiger partial charge is 0.220 e. The normalized spacial score (nSPS) is 17.1. The minimum Gasteiger partial charge on any atom is -0.494 e. The Morgan fingerprint density at radius 1 is 0.857 bits per heavy atom. The van der Waals surface area contributed by atoms with E-state index in [2.05, 4.69) is 36.6 Å². The molecule has 2 aliphatic rings. The van der Waals surface area contributed by atoms with Crippen LogP contribution in [0.3, 0.4) is 0 Å². The summed E-state index contributed by atoms with van der Waals surface area (Å²) in [5.41, 5.74) is 4.05.